The van der Waals surface area contributed by atoms with Crippen LogP contribution in [-0.4, -0.2) is 4.98 Å². The van der Waals surface area contributed by atoms with Crippen molar-refractivity contribution in [1.29, 1.82) is 0 Å². The molecular weight excluding hydrogens is 693 g/mol. The summed E-state index contributed by atoms with van der Waals surface area (Å²) in [6.45, 7) is 4.69. The standard InChI is InChI=1S/C54H36N2O/c1-54(2)46-20-7-5-15-43(46)51-47(54)21-11-22-48(51)56(35-28-24-33(25-29-35)37-16-9-18-42-40-14-6-8-23-49(40)57-53(37)42)36-30-26-34(27-31-36)52-44-19-10-17-41-38-12-3-4-13-39(38)45(32-55-52)50(41)44/h3-32H,1-2H3. The molecule has 0 fully saturated rings. The Bertz CT molecular complexity index is 3230. The Kier molecular flexibility index (Phi) is 6.68. The first-order chi connectivity index (χ1) is 28.0. The number of pyridine rings is 1. The van der Waals surface area contributed by atoms with Crippen LogP contribution in [0.15, 0.2) is 187 Å². The van der Waals surface area contributed by atoms with Gasteiger partial charge in [0.2, 0.25) is 0 Å². The number of hydrogen-bond donors (Lipinski definition) is 0. The number of benzene rings is 8. The number of fused-ring (bicyclic) bond motifs is 9. The van der Waals surface area contributed by atoms with Crippen LogP contribution >= 0.6 is 0 Å². The quantitative estimate of drug-likeness (QED) is 0.177. The Labute approximate surface area is 331 Å². The predicted octanol–water partition coefficient (Wildman–Crippen LogP) is 14.9. The van der Waals surface area contributed by atoms with Gasteiger partial charge in [0.15, 0.2) is 0 Å². The van der Waals surface area contributed by atoms with Gasteiger partial charge in [0.1, 0.15) is 11.2 Å². The average Bonchev–Trinajstić information content (AvgIpc) is 3.89. The Balaban J connectivity index is 1.01. The zero-order valence-corrected chi connectivity index (χ0v) is 31.6. The summed E-state index contributed by atoms with van der Waals surface area (Å²) in [6, 6.07) is 63.6. The number of aromatic nitrogens is 1. The number of furan rings is 1. The lowest BCUT2D eigenvalue weighted by Gasteiger charge is -2.29. The van der Waals surface area contributed by atoms with Crippen molar-refractivity contribution in [3.8, 4) is 55.8 Å². The summed E-state index contributed by atoms with van der Waals surface area (Å²) in [6.07, 6.45) is 2.06. The first kappa shape index (κ1) is 32.1. The molecule has 2 aliphatic carbocycles. The monoisotopic (exact) mass is 728 g/mol. The number of nitrogens with zero attached hydrogens (tertiary/aromatic N) is 2. The van der Waals surface area contributed by atoms with Gasteiger partial charge in [0.25, 0.3) is 0 Å². The third-order valence-electron chi connectivity index (χ3n) is 12.5. The Morgan fingerprint density at radius 2 is 1.04 bits per heavy atom. The van der Waals surface area contributed by atoms with Crippen LogP contribution in [0.25, 0.3) is 88.5 Å². The molecule has 0 N–H and O–H groups in total. The fourth-order valence-electron chi connectivity index (χ4n) is 9.80. The van der Waals surface area contributed by atoms with Crippen molar-refractivity contribution in [2.24, 2.45) is 0 Å². The maximum Gasteiger partial charge on any atom is 0.143 e. The van der Waals surface area contributed by atoms with Crippen LogP contribution in [0.2, 0.25) is 0 Å². The molecule has 0 aliphatic heterocycles. The molecule has 3 heteroatoms. The minimum Gasteiger partial charge on any atom is -0.455 e. The first-order valence-electron chi connectivity index (χ1n) is 19.7. The molecule has 8 aromatic carbocycles. The average molecular weight is 729 g/mol. The Morgan fingerprint density at radius 3 is 1.82 bits per heavy atom. The van der Waals surface area contributed by atoms with Crippen molar-refractivity contribution in [3.63, 3.8) is 0 Å². The lowest BCUT2D eigenvalue weighted by molar-refractivity contribution is 0.660. The summed E-state index contributed by atoms with van der Waals surface area (Å²) in [5.74, 6) is 0. The van der Waals surface area contributed by atoms with E-state index in [1.165, 1.54) is 55.3 Å². The zero-order chi connectivity index (χ0) is 37.8. The highest BCUT2D eigenvalue weighted by Crippen LogP contribution is 2.54. The van der Waals surface area contributed by atoms with Crippen LogP contribution < -0.4 is 4.90 Å². The zero-order valence-electron chi connectivity index (χ0n) is 31.6. The predicted molar refractivity (Wildman–Crippen MR) is 237 cm³/mol. The van der Waals surface area contributed by atoms with E-state index in [1.807, 2.05) is 12.1 Å². The fourth-order valence-corrected chi connectivity index (χ4v) is 9.80. The van der Waals surface area contributed by atoms with Crippen LogP contribution in [0.5, 0.6) is 0 Å². The lowest BCUT2D eigenvalue weighted by atomic mass is 9.82. The minimum atomic E-state index is -0.117. The highest BCUT2D eigenvalue weighted by atomic mass is 16.3. The van der Waals surface area contributed by atoms with Gasteiger partial charge in [-0.3, -0.25) is 4.98 Å². The van der Waals surface area contributed by atoms with Crippen molar-refractivity contribution < 1.29 is 4.42 Å². The molecule has 2 aromatic heterocycles. The second-order valence-corrected chi connectivity index (χ2v) is 15.9. The molecule has 0 saturated heterocycles. The largest absolute Gasteiger partial charge is 0.455 e. The highest BCUT2D eigenvalue weighted by molar-refractivity contribution is 6.18. The van der Waals surface area contributed by atoms with E-state index in [0.29, 0.717) is 0 Å². The van der Waals surface area contributed by atoms with Gasteiger partial charge in [-0.15, -0.1) is 0 Å². The summed E-state index contributed by atoms with van der Waals surface area (Å²) in [5.41, 5.74) is 19.6. The van der Waals surface area contributed by atoms with Gasteiger partial charge in [-0.2, -0.15) is 0 Å². The van der Waals surface area contributed by atoms with Crippen molar-refractivity contribution in [1.82, 2.24) is 4.98 Å². The van der Waals surface area contributed by atoms with Crippen LogP contribution in [0.4, 0.5) is 17.1 Å². The smallest absolute Gasteiger partial charge is 0.143 e. The molecule has 2 aliphatic rings. The van der Waals surface area contributed by atoms with Gasteiger partial charge >= 0.3 is 0 Å². The van der Waals surface area contributed by atoms with Crippen LogP contribution in [0.3, 0.4) is 0 Å². The second-order valence-electron chi connectivity index (χ2n) is 15.9. The topological polar surface area (TPSA) is 29.3 Å². The van der Waals surface area contributed by atoms with E-state index in [-0.39, 0.29) is 5.41 Å². The summed E-state index contributed by atoms with van der Waals surface area (Å²) in [7, 11) is 0. The SMILES string of the molecule is CC1(C)c2ccccc2-c2c(N(c3ccc(-c4ncc5c6c(cccc46)-c4ccccc4-5)cc3)c3ccc(-c4cccc5c4oc4ccccc45)cc3)cccc21. The molecule has 0 bridgehead atoms. The molecule has 268 valence electrons. The number of anilines is 3. The van der Waals surface area contributed by atoms with Crippen LogP contribution in [-0.2, 0) is 5.41 Å². The van der Waals surface area contributed by atoms with Crippen molar-refractivity contribution in [2.75, 3.05) is 4.90 Å². The molecule has 0 amide bonds. The van der Waals surface area contributed by atoms with E-state index in [0.717, 1.165) is 61.4 Å². The Morgan fingerprint density at radius 1 is 0.456 bits per heavy atom. The van der Waals surface area contributed by atoms with Crippen LogP contribution in [0.1, 0.15) is 25.0 Å². The third kappa shape index (κ3) is 4.57. The Hall–Kier alpha value is -7.23. The summed E-state index contributed by atoms with van der Waals surface area (Å²) < 4.78 is 6.45. The minimum absolute atomic E-state index is 0.117. The first-order valence-corrected chi connectivity index (χ1v) is 19.7. The molecular formula is C54H36N2O. The fraction of sp³-hybridized carbons (Fsp3) is 0.0556. The number of rotatable bonds is 5. The molecule has 10 aromatic rings. The normalized spacial score (nSPS) is 13.2. The van der Waals surface area contributed by atoms with Crippen molar-refractivity contribution in [2.45, 2.75) is 19.3 Å². The summed E-state index contributed by atoms with van der Waals surface area (Å²) in [4.78, 5) is 7.53. The van der Waals surface area contributed by atoms with E-state index in [2.05, 4.69) is 189 Å². The molecule has 0 atom stereocenters. The van der Waals surface area contributed by atoms with Gasteiger partial charge in [-0.05, 0) is 75.3 Å². The van der Waals surface area contributed by atoms with E-state index in [1.54, 1.807) is 0 Å². The van der Waals surface area contributed by atoms with Crippen molar-refractivity contribution in [3.05, 3.63) is 193 Å². The van der Waals surface area contributed by atoms with Gasteiger partial charge in [0.05, 0.1) is 11.4 Å². The molecule has 0 spiro atoms. The van der Waals surface area contributed by atoms with Gasteiger partial charge < -0.3 is 9.32 Å². The summed E-state index contributed by atoms with van der Waals surface area (Å²) >= 11 is 0. The molecule has 0 saturated carbocycles. The second kappa shape index (κ2) is 11.9. The van der Waals surface area contributed by atoms with Gasteiger partial charge in [-0.1, -0.05) is 153 Å². The molecule has 12 rings (SSSR count). The number of para-hydroxylation sites is 2. The maximum absolute atomic E-state index is 6.45. The van der Waals surface area contributed by atoms with E-state index >= 15 is 0 Å². The lowest BCUT2D eigenvalue weighted by Crippen LogP contribution is -2.16. The molecule has 2 heterocycles. The van der Waals surface area contributed by atoms with E-state index in [9.17, 15) is 0 Å². The van der Waals surface area contributed by atoms with E-state index in [4.69, 9.17) is 9.40 Å². The van der Waals surface area contributed by atoms with E-state index < -0.39 is 0 Å². The highest BCUT2D eigenvalue weighted by Gasteiger charge is 2.37. The molecule has 57 heavy (non-hydrogen) atoms. The third-order valence-corrected chi connectivity index (χ3v) is 12.5. The van der Waals surface area contributed by atoms with Crippen LogP contribution in [0, 0.1) is 0 Å². The van der Waals surface area contributed by atoms with Gasteiger partial charge in [0, 0.05) is 66.8 Å². The molecule has 3 nitrogen and oxygen atoms in total. The molecule has 0 unspecified atom stereocenters. The number of hydrogen-bond acceptors (Lipinski definition) is 3. The van der Waals surface area contributed by atoms with Crippen molar-refractivity contribution >= 4 is 49.8 Å². The molecule has 0 radical (unpaired) electrons. The maximum atomic E-state index is 6.45. The van der Waals surface area contributed by atoms with Gasteiger partial charge in [-0.25, -0.2) is 0 Å². The summed E-state index contributed by atoms with van der Waals surface area (Å²) in [5, 5.41) is 4.74.